The maximum Gasteiger partial charge on any atom is 0.266 e. The lowest BCUT2D eigenvalue weighted by molar-refractivity contribution is 0.0993. The van der Waals surface area contributed by atoms with Gasteiger partial charge in [-0.25, -0.2) is 4.98 Å². The number of aryl methyl sites for hydroxylation is 1. The fourth-order valence-corrected chi connectivity index (χ4v) is 6.34. The van der Waals surface area contributed by atoms with Crippen molar-refractivity contribution in [1.29, 1.82) is 0 Å². The highest BCUT2D eigenvalue weighted by Crippen LogP contribution is 2.44. The number of carbonyl (C=O) groups excluding carboxylic acids is 1. The number of fused-ring (bicyclic) bond motifs is 2. The van der Waals surface area contributed by atoms with Crippen molar-refractivity contribution < 1.29 is 9.53 Å². The van der Waals surface area contributed by atoms with Gasteiger partial charge in [-0.15, -0.1) is 11.3 Å². The quantitative estimate of drug-likeness (QED) is 0.237. The van der Waals surface area contributed by atoms with E-state index in [4.69, 9.17) is 16.2 Å². The van der Waals surface area contributed by atoms with Gasteiger partial charge in [-0.05, 0) is 50.3 Å². The number of methoxy groups -OCH3 is 1. The molecule has 0 unspecified atom stereocenters. The van der Waals surface area contributed by atoms with Crippen LogP contribution in [0, 0.1) is 0 Å². The Morgan fingerprint density at radius 3 is 2.63 bits per heavy atom. The Kier molecular flexibility index (Phi) is 8.12. The van der Waals surface area contributed by atoms with Gasteiger partial charge in [0.2, 0.25) is 0 Å². The number of anilines is 1. The lowest BCUT2D eigenvalue weighted by Crippen LogP contribution is -2.28. The molecule has 41 heavy (non-hydrogen) atoms. The van der Waals surface area contributed by atoms with Crippen molar-refractivity contribution in [2.45, 2.75) is 0 Å². The summed E-state index contributed by atoms with van der Waals surface area (Å²) in [6.45, 7) is 2.85. The Hall–Kier alpha value is -4.18. The molecule has 5 rings (SSSR count). The minimum Gasteiger partial charge on any atom is -0.496 e. The molecule has 5 aromatic rings. The molecule has 1 amide bonds. The van der Waals surface area contributed by atoms with Gasteiger partial charge in [0.25, 0.3) is 5.91 Å². The Morgan fingerprint density at radius 2 is 1.90 bits per heavy atom. The predicted molar refractivity (Wildman–Crippen MR) is 172 cm³/mol. The molecule has 8 nitrogen and oxygen atoms in total. The van der Waals surface area contributed by atoms with Gasteiger partial charge in [-0.3, -0.25) is 4.79 Å². The molecular formula is C32H36N6O2S. The number of carbonyl (C=O) groups is 1. The molecule has 0 saturated heterocycles. The first-order valence-corrected chi connectivity index (χ1v) is 14.3. The van der Waals surface area contributed by atoms with Crippen LogP contribution >= 0.6 is 11.3 Å². The molecule has 0 aliphatic carbocycles. The molecule has 9 heteroatoms. The van der Waals surface area contributed by atoms with E-state index in [9.17, 15) is 4.79 Å². The van der Waals surface area contributed by atoms with Gasteiger partial charge < -0.3 is 30.6 Å². The molecule has 3 aromatic heterocycles. The predicted octanol–water partition coefficient (Wildman–Crippen LogP) is 5.32. The third-order valence-electron chi connectivity index (χ3n) is 7.42. The summed E-state index contributed by atoms with van der Waals surface area (Å²) < 4.78 is 8.82. The minimum atomic E-state index is -0.489. The first kappa shape index (κ1) is 28.4. The molecule has 0 bridgehead atoms. The molecule has 0 saturated carbocycles. The molecule has 212 valence electrons. The van der Waals surface area contributed by atoms with Crippen molar-refractivity contribution in [2.75, 3.05) is 53.6 Å². The average molecular weight is 569 g/mol. The van der Waals surface area contributed by atoms with Crippen LogP contribution in [-0.4, -0.2) is 73.1 Å². The minimum absolute atomic E-state index is 0.440. The van der Waals surface area contributed by atoms with Crippen LogP contribution in [0.15, 0.2) is 60.1 Å². The van der Waals surface area contributed by atoms with Gasteiger partial charge in [0.05, 0.1) is 7.11 Å². The monoisotopic (exact) mass is 568 g/mol. The zero-order valence-corrected chi connectivity index (χ0v) is 25.0. The van der Waals surface area contributed by atoms with E-state index in [1.54, 1.807) is 18.4 Å². The first-order valence-electron chi connectivity index (χ1n) is 13.4. The van der Waals surface area contributed by atoms with Gasteiger partial charge in [0.1, 0.15) is 17.3 Å². The number of aromatic nitrogens is 2. The molecular weight excluding hydrogens is 532 g/mol. The summed E-state index contributed by atoms with van der Waals surface area (Å²) in [5, 5.41) is 3.98. The number of nitrogens with zero attached hydrogens (tertiary/aromatic N) is 4. The van der Waals surface area contributed by atoms with E-state index in [0.717, 1.165) is 68.4 Å². The van der Waals surface area contributed by atoms with E-state index in [-0.39, 0.29) is 0 Å². The van der Waals surface area contributed by atoms with Crippen molar-refractivity contribution in [3.8, 4) is 28.0 Å². The second-order valence-corrected chi connectivity index (χ2v) is 11.4. The van der Waals surface area contributed by atoms with E-state index in [0.29, 0.717) is 17.3 Å². The number of primary amides is 1. The highest BCUT2D eigenvalue weighted by molar-refractivity contribution is 7.18. The van der Waals surface area contributed by atoms with Gasteiger partial charge >= 0.3 is 0 Å². The van der Waals surface area contributed by atoms with Crippen molar-refractivity contribution in [3.05, 3.63) is 71.4 Å². The molecule has 0 aliphatic heterocycles. The topological polar surface area (TPSA) is 103 Å². The molecule has 0 spiro atoms. The number of nitrogens with two attached hydrogens (primary N) is 2. The van der Waals surface area contributed by atoms with Gasteiger partial charge in [0, 0.05) is 76.1 Å². The summed E-state index contributed by atoms with van der Waals surface area (Å²) in [6, 6.07) is 13.9. The van der Waals surface area contributed by atoms with Crippen LogP contribution in [0.25, 0.3) is 49.3 Å². The number of rotatable bonds is 10. The molecule has 0 radical (unpaired) electrons. The standard InChI is InChI=1S/C32H36N6O2S/c1-36(2)15-16-37(3)14-8-9-21-18-35-31(33)28-24(19-41-30(21)28)20-12-13-23(26(17-20)40-5)27-22-10-6-7-11-25(22)38(4)29(27)32(34)39/h6-13,17-19H,14-16H2,1-5H3,(H2,33,35)(H2,34,39)/b9-8+. The number of nitrogen functional groups attached to an aromatic ring is 1. The number of para-hydroxylation sites is 1. The van der Waals surface area contributed by atoms with E-state index in [1.165, 1.54) is 0 Å². The number of hydrogen-bond donors (Lipinski definition) is 2. The summed E-state index contributed by atoms with van der Waals surface area (Å²) in [5.41, 5.74) is 18.2. The number of thiophene rings is 1. The Balaban J connectivity index is 1.54. The SMILES string of the molecule is COc1cc(-c2csc3c(/C=C/CN(C)CCN(C)C)cnc(N)c23)ccc1-c1c(C(N)=O)n(C)c2ccccc12. The third-order valence-corrected chi connectivity index (χ3v) is 8.45. The smallest absolute Gasteiger partial charge is 0.266 e. The molecule has 3 heterocycles. The van der Waals surface area contributed by atoms with Crippen molar-refractivity contribution in [1.82, 2.24) is 19.4 Å². The number of pyridine rings is 1. The van der Waals surface area contributed by atoms with Crippen LogP contribution in [-0.2, 0) is 7.05 Å². The van der Waals surface area contributed by atoms with E-state index < -0.39 is 5.91 Å². The second-order valence-electron chi connectivity index (χ2n) is 10.5. The van der Waals surface area contributed by atoms with Crippen LogP contribution in [0.2, 0.25) is 0 Å². The lowest BCUT2D eigenvalue weighted by Gasteiger charge is -2.17. The van der Waals surface area contributed by atoms with Crippen LogP contribution in [0.5, 0.6) is 5.75 Å². The fourth-order valence-electron chi connectivity index (χ4n) is 5.26. The van der Waals surface area contributed by atoms with E-state index in [1.807, 2.05) is 60.3 Å². The van der Waals surface area contributed by atoms with Crippen molar-refractivity contribution >= 4 is 50.1 Å². The summed E-state index contributed by atoms with van der Waals surface area (Å²) in [7, 11) is 9.78. The fraction of sp³-hybridized carbons (Fsp3) is 0.250. The third kappa shape index (κ3) is 5.44. The summed E-state index contributed by atoms with van der Waals surface area (Å²) in [6.07, 6.45) is 6.13. The van der Waals surface area contributed by atoms with Crippen LogP contribution < -0.4 is 16.2 Å². The van der Waals surface area contributed by atoms with Crippen LogP contribution in [0.4, 0.5) is 5.82 Å². The van der Waals surface area contributed by atoms with Crippen molar-refractivity contribution in [3.63, 3.8) is 0 Å². The summed E-state index contributed by atoms with van der Waals surface area (Å²) in [4.78, 5) is 21.5. The number of amides is 1. The Labute approximate surface area is 244 Å². The molecule has 0 atom stereocenters. The van der Waals surface area contributed by atoms with Gasteiger partial charge in [-0.2, -0.15) is 0 Å². The number of benzene rings is 2. The Bertz CT molecular complexity index is 1770. The second kappa shape index (κ2) is 11.7. The normalized spacial score (nSPS) is 12.0. The molecule has 2 aromatic carbocycles. The summed E-state index contributed by atoms with van der Waals surface area (Å²) >= 11 is 1.65. The zero-order valence-electron chi connectivity index (χ0n) is 24.1. The average Bonchev–Trinajstić information content (AvgIpc) is 3.53. The van der Waals surface area contributed by atoms with Gasteiger partial charge in [0.15, 0.2) is 0 Å². The maximum atomic E-state index is 12.6. The number of likely N-dealkylation sites (N-methyl/N-ethyl adjacent to an activating group) is 2. The number of hydrogen-bond acceptors (Lipinski definition) is 7. The highest BCUT2D eigenvalue weighted by Gasteiger charge is 2.23. The zero-order chi connectivity index (χ0) is 29.3. The number of ether oxygens (including phenoxy) is 1. The molecule has 0 aliphatic rings. The van der Waals surface area contributed by atoms with Crippen LogP contribution in [0.3, 0.4) is 0 Å². The maximum absolute atomic E-state index is 12.6. The molecule has 4 N–H and O–H groups in total. The molecule has 0 fully saturated rings. The van der Waals surface area contributed by atoms with E-state index >= 15 is 0 Å². The van der Waals surface area contributed by atoms with Gasteiger partial charge in [-0.1, -0.05) is 36.4 Å². The lowest BCUT2D eigenvalue weighted by atomic mass is 9.96. The highest BCUT2D eigenvalue weighted by atomic mass is 32.1. The first-order chi connectivity index (χ1) is 19.7. The largest absolute Gasteiger partial charge is 0.496 e. The van der Waals surface area contributed by atoms with Crippen LogP contribution in [0.1, 0.15) is 16.1 Å². The van der Waals surface area contributed by atoms with Crippen molar-refractivity contribution in [2.24, 2.45) is 12.8 Å². The van der Waals surface area contributed by atoms with E-state index in [2.05, 4.69) is 53.5 Å². The Morgan fingerprint density at radius 1 is 1.12 bits per heavy atom. The summed E-state index contributed by atoms with van der Waals surface area (Å²) in [5.74, 6) is 0.644.